The molecule has 1 aliphatic heterocycles. The van der Waals surface area contributed by atoms with Gasteiger partial charge < -0.3 is 0 Å². The normalized spacial score (nSPS) is 20.4. The van der Waals surface area contributed by atoms with Gasteiger partial charge in [0.2, 0.25) is 0 Å². The highest BCUT2D eigenvalue weighted by Crippen LogP contribution is 2.73. The first-order chi connectivity index (χ1) is 11.7. The second kappa shape index (κ2) is 6.98. The van der Waals surface area contributed by atoms with E-state index in [1.54, 1.807) is 24.4 Å². The molecular weight excluding hydrogens is 338 g/mol. The fraction of sp³-hybridized carbons (Fsp3) is 0.435. The summed E-state index contributed by atoms with van der Waals surface area (Å²) in [5.74, 6) is 0. The zero-order valence-corrected chi connectivity index (χ0v) is 18.6. The highest BCUT2D eigenvalue weighted by Gasteiger charge is 2.39. The number of hydrogen-bond acceptors (Lipinski definition) is 0. The van der Waals surface area contributed by atoms with Gasteiger partial charge in [-0.15, -0.1) is 0 Å². The summed E-state index contributed by atoms with van der Waals surface area (Å²) in [4.78, 5) is 0. The molecule has 2 unspecified atom stereocenters. The molecule has 2 aromatic rings. The molecular formula is C23H30P2. The molecule has 25 heavy (non-hydrogen) atoms. The summed E-state index contributed by atoms with van der Waals surface area (Å²) in [6.07, 6.45) is 0. The molecule has 2 heteroatoms. The fourth-order valence-corrected chi connectivity index (χ4v) is 11.3. The minimum Gasteiger partial charge on any atom is -0.0820 e. The van der Waals surface area contributed by atoms with Crippen LogP contribution in [0.1, 0.15) is 63.8 Å². The molecule has 0 aromatic heterocycles. The Labute approximate surface area is 156 Å². The van der Waals surface area contributed by atoms with Crippen molar-refractivity contribution in [3.05, 3.63) is 68.8 Å². The maximum Gasteiger partial charge on any atom is 0.0516 e. The van der Waals surface area contributed by atoms with Crippen molar-refractivity contribution in [3.8, 4) is 0 Å². The fourth-order valence-electron chi connectivity index (χ4n) is 4.36. The van der Waals surface area contributed by atoms with Gasteiger partial charge in [0.1, 0.15) is 0 Å². The van der Waals surface area contributed by atoms with Crippen molar-refractivity contribution in [2.24, 2.45) is 0 Å². The summed E-state index contributed by atoms with van der Waals surface area (Å²) in [5, 5.41) is 2.44. The molecule has 0 fully saturated rings. The number of aryl methyl sites for hydroxylation is 6. The van der Waals surface area contributed by atoms with Gasteiger partial charge in [0, 0.05) is 5.03 Å². The van der Waals surface area contributed by atoms with Crippen LogP contribution in [-0.2, 0) is 0 Å². The minimum absolute atomic E-state index is 0.116. The van der Waals surface area contributed by atoms with E-state index >= 15 is 0 Å². The van der Waals surface area contributed by atoms with E-state index in [-0.39, 0.29) is 7.92 Å². The van der Waals surface area contributed by atoms with Crippen molar-refractivity contribution >= 4 is 21.2 Å². The van der Waals surface area contributed by atoms with E-state index in [4.69, 9.17) is 0 Å². The van der Waals surface area contributed by atoms with Crippen molar-refractivity contribution in [2.75, 3.05) is 0 Å². The van der Waals surface area contributed by atoms with Crippen LogP contribution in [0, 0.1) is 41.5 Å². The smallest absolute Gasteiger partial charge is 0.0516 e. The van der Waals surface area contributed by atoms with Gasteiger partial charge in [0.15, 0.2) is 0 Å². The third-order valence-corrected chi connectivity index (χ3v) is 10.9. The lowest BCUT2D eigenvalue weighted by atomic mass is 10.0. The molecule has 2 atom stereocenters. The first-order valence-electron chi connectivity index (χ1n) is 9.22. The lowest BCUT2D eigenvalue weighted by molar-refractivity contribution is 1.07. The Morgan fingerprint density at radius 3 is 1.64 bits per heavy atom. The standard InChI is InChI=1S/C23H30P2/c1-13(2)25-22(20-16(5)9-14(3)10-17(20)6)24-23(25)21-18(7)11-15(4)12-19(21)8/h9-13,22H,1-8H3. The monoisotopic (exact) mass is 368 g/mol. The van der Waals surface area contributed by atoms with E-state index in [1.165, 1.54) is 33.4 Å². The molecule has 2 aromatic carbocycles. The molecule has 3 rings (SSSR count). The molecule has 1 aliphatic rings. The van der Waals surface area contributed by atoms with E-state index in [2.05, 4.69) is 79.7 Å². The number of hydrogen-bond donors (Lipinski definition) is 0. The quantitative estimate of drug-likeness (QED) is 0.490. The maximum absolute atomic E-state index is 2.42. The van der Waals surface area contributed by atoms with Gasteiger partial charge >= 0.3 is 0 Å². The molecule has 0 amide bonds. The highest BCUT2D eigenvalue weighted by atomic mass is 31.2. The summed E-state index contributed by atoms with van der Waals surface area (Å²) in [5.41, 5.74) is 12.6. The Morgan fingerprint density at radius 2 is 1.20 bits per heavy atom. The van der Waals surface area contributed by atoms with E-state index in [1.807, 2.05) is 0 Å². The predicted molar refractivity (Wildman–Crippen MR) is 117 cm³/mol. The van der Waals surface area contributed by atoms with Gasteiger partial charge in [0.25, 0.3) is 0 Å². The maximum atomic E-state index is 2.42. The van der Waals surface area contributed by atoms with Crippen LogP contribution in [0.3, 0.4) is 0 Å². The van der Waals surface area contributed by atoms with E-state index in [0.29, 0.717) is 5.40 Å². The van der Waals surface area contributed by atoms with Crippen LogP contribution in [0.25, 0.3) is 0 Å². The average Bonchev–Trinajstić information content (AvgIpc) is 2.41. The summed E-state index contributed by atoms with van der Waals surface area (Å²) < 4.78 is 0. The number of benzene rings is 2. The molecule has 0 bridgehead atoms. The Balaban J connectivity index is 2.12. The lowest BCUT2D eigenvalue weighted by Crippen LogP contribution is -2.19. The van der Waals surface area contributed by atoms with Crippen molar-refractivity contribution in [3.63, 3.8) is 0 Å². The second-order valence-electron chi connectivity index (χ2n) is 7.91. The van der Waals surface area contributed by atoms with Crippen molar-refractivity contribution in [1.29, 1.82) is 0 Å². The molecule has 0 radical (unpaired) electrons. The van der Waals surface area contributed by atoms with E-state index in [0.717, 1.165) is 5.66 Å². The van der Waals surface area contributed by atoms with Gasteiger partial charge in [-0.2, -0.15) is 0 Å². The van der Waals surface area contributed by atoms with E-state index in [9.17, 15) is 0 Å². The van der Waals surface area contributed by atoms with Crippen LogP contribution in [0.2, 0.25) is 0 Å². The van der Waals surface area contributed by atoms with Crippen molar-refractivity contribution in [1.82, 2.24) is 0 Å². The molecule has 0 saturated heterocycles. The Hall–Kier alpha value is -0.960. The zero-order valence-electron chi connectivity index (χ0n) is 16.9. The topological polar surface area (TPSA) is 0 Å². The third-order valence-electron chi connectivity index (χ3n) is 5.21. The van der Waals surface area contributed by atoms with Crippen LogP contribution in [0.4, 0.5) is 0 Å². The van der Waals surface area contributed by atoms with Gasteiger partial charge in [-0.3, -0.25) is 0 Å². The first kappa shape index (κ1) is 18.8. The molecule has 0 saturated carbocycles. The SMILES string of the molecule is Cc1cc(C)c(C2=PC(c3c(C)cc(C)cc3C)P2C(C)C)c(C)c1. The molecule has 0 spiro atoms. The van der Waals surface area contributed by atoms with Crippen LogP contribution >= 0.6 is 16.1 Å². The van der Waals surface area contributed by atoms with Crippen LogP contribution in [-0.4, -0.2) is 10.7 Å². The summed E-state index contributed by atoms with van der Waals surface area (Å²) >= 11 is 0. The lowest BCUT2D eigenvalue weighted by Gasteiger charge is -2.41. The predicted octanol–water partition coefficient (Wildman–Crippen LogP) is 7.56. The minimum atomic E-state index is -0.116. The molecule has 0 aliphatic carbocycles. The summed E-state index contributed by atoms with van der Waals surface area (Å²) in [6.45, 7) is 18.5. The Kier molecular flexibility index (Phi) is 5.26. The first-order valence-corrected chi connectivity index (χ1v) is 11.7. The van der Waals surface area contributed by atoms with Crippen LogP contribution in [0.5, 0.6) is 0 Å². The van der Waals surface area contributed by atoms with Gasteiger partial charge in [-0.25, -0.2) is 0 Å². The molecule has 0 N–H and O–H groups in total. The highest BCUT2D eigenvalue weighted by molar-refractivity contribution is 7.98. The van der Waals surface area contributed by atoms with Crippen molar-refractivity contribution in [2.45, 2.75) is 66.4 Å². The zero-order chi connectivity index (χ0) is 18.5. The second-order valence-corrected chi connectivity index (χ2v) is 12.7. The summed E-state index contributed by atoms with van der Waals surface area (Å²) in [7, 11) is 1.43. The van der Waals surface area contributed by atoms with Gasteiger partial charge in [-0.1, -0.05) is 65.4 Å². The summed E-state index contributed by atoms with van der Waals surface area (Å²) in [6, 6.07) is 9.45. The average molecular weight is 368 g/mol. The Bertz CT molecular complexity index is 812. The van der Waals surface area contributed by atoms with Crippen LogP contribution < -0.4 is 0 Å². The van der Waals surface area contributed by atoms with Gasteiger partial charge in [-0.05, 0) is 80.6 Å². The number of rotatable bonds is 3. The third kappa shape index (κ3) is 3.37. The molecule has 0 nitrogen and oxygen atoms in total. The van der Waals surface area contributed by atoms with E-state index < -0.39 is 0 Å². The van der Waals surface area contributed by atoms with Crippen molar-refractivity contribution < 1.29 is 0 Å². The molecule has 1 heterocycles. The molecule has 132 valence electrons. The van der Waals surface area contributed by atoms with Crippen LogP contribution in [0.15, 0.2) is 24.3 Å². The largest absolute Gasteiger partial charge is 0.0820 e. The Morgan fingerprint density at radius 1 is 0.760 bits per heavy atom. The van der Waals surface area contributed by atoms with Gasteiger partial charge in [0.05, 0.1) is 5.40 Å².